The SMILES string of the molecule is COc1cc(OC)cc(N2C(=O)[C@@H]3[C@H](SC(N)=C4C(=O)Oc5cc(O)ccc5[C@H]43)C2=O)c1. The number of aromatic hydroxyl groups is 1. The molecule has 0 saturated carbocycles. The lowest BCUT2D eigenvalue weighted by Gasteiger charge is -2.36. The van der Waals surface area contributed by atoms with Crippen LogP contribution in [0.15, 0.2) is 47.0 Å². The Bertz CT molecular complexity index is 1200. The summed E-state index contributed by atoms with van der Waals surface area (Å²) in [4.78, 5) is 40.8. The quantitative estimate of drug-likeness (QED) is 0.406. The predicted molar refractivity (Wildman–Crippen MR) is 115 cm³/mol. The van der Waals surface area contributed by atoms with Gasteiger partial charge in [0, 0.05) is 35.7 Å². The Balaban J connectivity index is 1.64. The maximum atomic E-state index is 13.6. The largest absolute Gasteiger partial charge is 0.508 e. The van der Waals surface area contributed by atoms with Crippen molar-refractivity contribution >= 4 is 35.2 Å². The number of benzene rings is 2. The average molecular weight is 454 g/mol. The predicted octanol–water partition coefficient (Wildman–Crippen LogP) is 1.89. The van der Waals surface area contributed by atoms with E-state index in [1.165, 1.54) is 26.4 Å². The first-order valence-corrected chi connectivity index (χ1v) is 10.5. The van der Waals surface area contributed by atoms with Gasteiger partial charge in [-0.2, -0.15) is 0 Å². The van der Waals surface area contributed by atoms with Gasteiger partial charge in [-0.1, -0.05) is 17.8 Å². The Kier molecular flexibility index (Phi) is 4.55. The molecule has 3 heterocycles. The summed E-state index contributed by atoms with van der Waals surface area (Å²) < 4.78 is 15.9. The highest BCUT2D eigenvalue weighted by molar-refractivity contribution is 8.04. The number of phenolic OH excluding ortho intramolecular Hbond substituents is 1. The molecule has 10 heteroatoms. The first-order valence-electron chi connectivity index (χ1n) is 9.66. The van der Waals surface area contributed by atoms with Gasteiger partial charge in [-0.05, 0) is 6.07 Å². The molecule has 2 aromatic carbocycles. The van der Waals surface area contributed by atoms with Crippen LogP contribution in [0.25, 0.3) is 0 Å². The number of carbonyl (C=O) groups is 3. The lowest BCUT2D eigenvalue weighted by atomic mass is 9.77. The van der Waals surface area contributed by atoms with Crippen molar-refractivity contribution in [2.75, 3.05) is 19.1 Å². The lowest BCUT2D eigenvalue weighted by Crippen LogP contribution is -2.39. The van der Waals surface area contributed by atoms with Gasteiger partial charge in [0.05, 0.1) is 36.4 Å². The third kappa shape index (κ3) is 2.83. The summed E-state index contributed by atoms with van der Waals surface area (Å²) in [6, 6.07) is 9.10. The van der Waals surface area contributed by atoms with Crippen LogP contribution in [0.5, 0.6) is 23.0 Å². The second-order valence-electron chi connectivity index (χ2n) is 7.51. The van der Waals surface area contributed by atoms with E-state index in [4.69, 9.17) is 19.9 Å². The highest BCUT2D eigenvalue weighted by Crippen LogP contribution is 2.55. The number of carbonyl (C=O) groups excluding carboxylic acids is 3. The van der Waals surface area contributed by atoms with Crippen LogP contribution < -0.4 is 24.8 Å². The Morgan fingerprint density at radius 2 is 1.72 bits per heavy atom. The monoisotopic (exact) mass is 454 g/mol. The summed E-state index contributed by atoms with van der Waals surface area (Å²) in [6.45, 7) is 0. The molecule has 0 aliphatic carbocycles. The minimum Gasteiger partial charge on any atom is -0.508 e. The average Bonchev–Trinajstić information content (AvgIpc) is 3.02. The highest BCUT2D eigenvalue weighted by Gasteiger charge is 2.58. The fourth-order valence-corrected chi connectivity index (χ4v) is 5.66. The molecule has 164 valence electrons. The summed E-state index contributed by atoms with van der Waals surface area (Å²) >= 11 is 0.987. The normalized spacial score (nSPS) is 24.0. The highest BCUT2D eigenvalue weighted by atomic mass is 32.2. The molecule has 0 aromatic heterocycles. The van der Waals surface area contributed by atoms with Gasteiger partial charge in [0.15, 0.2) is 0 Å². The zero-order valence-corrected chi connectivity index (χ0v) is 17.8. The molecule has 3 aliphatic rings. The molecule has 0 spiro atoms. The number of rotatable bonds is 3. The van der Waals surface area contributed by atoms with Crippen molar-refractivity contribution in [3.05, 3.63) is 52.6 Å². The molecule has 2 amide bonds. The number of amides is 2. The maximum Gasteiger partial charge on any atom is 0.342 e. The zero-order valence-electron chi connectivity index (χ0n) is 17.0. The number of imide groups is 1. The topological polar surface area (TPSA) is 128 Å². The molecule has 2 aromatic rings. The van der Waals surface area contributed by atoms with E-state index in [1.807, 2.05) is 0 Å². The Morgan fingerprint density at radius 1 is 1.03 bits per heavy atom. The van der Waals surface area contributed by atoms with E-state index in [9.17, 15) is 19.5 Å². The summed E-state index contributed by atoms with van der Waals surface area (Å²) in [5.74, 6) is -2.35. The van der Waals surface area contributed by atoms with Crippen LogP contribution in [0.4, 0.5) is 5.69 Å². The molecule has 3 N–H and O–H groups in total. The Morgan fingerprint density at radius 3 is 2.38 bits per heavy atom. The lowest BCUT2D eigenvalue weighted by molar-refractivity contribution is -0.131. The van der Waals surface area contributed by atoms with Crippen LogP contribution in [-0.4, -0.2) is 42.4 Å². The van der Waals surface area contributed by atoms with Gasteiger partial charge < -0.3 is 25.1 Å². The number of anilines is 1. The summed E-state index contributed by atoms with van der Waals surface area (Å²) in [6.07, 6.45) is 0. The van der Waals surface area contributed by atoms with Gasteiger partial charge in [-0.3, -0.25) is 9.59 Å². The molecule has 0 radical (unpaired) electrons. The van der Waals surface area contributed by atoms with Crippen LogP contribution in [-0.2, 0) is 14.4 Å². The number of thioether (sulfide) groups is 1. The second kappa shape index (κ2) is 7.20. The van der Waals surface area contributed by atoms with E-state index in [2.05, 4.69) is 0 Å². The summed E-state index contributed by atoms with van der Waals surface area (Å²) in [7, 11) is 2.94. The van der Waals surface area contributed by atoms with E-state index in [-0.39, 0.29) is 22.1 Å². The van der Waals surface area contributed by atoms with Crippen molar-refractivity contribution in [3.8, 4) is 23.0 Å². The van der Waals surface area contributed by atoms with Gasteiger partial charge >= 0.3 is 5.97 Å². The van der Waals surface area contributed by atoms with Gasteiger partial charge in [0.25, 0.3) is 0 Å². The number of nitrogens with two attached hydrogens (primary N) is 1. The number of ether oxygens (including phenoxy) is 3. The van der Waals surface area contributed by atoms with E-state index in [1.54, 1.807) is 24.3 Å². The zero-order chi connectivity index (χ0) is 22.7. The molecule has 0 unspecified atom stereocenters. The van der Waals surface area contributed by atoms with E-state index in [0.29, 0.717) is 22.7 Å². The van der Waals surface area contributed by atoms with Crippen LogP contribution in [0.1, 0.15) is 11.5 Å². The van der Waals surface area contributed by atoms with Crippen molar-refractivity contribution in [1.29, 1.82) is 0 Å². The first kappa shape index (κ1) is 20.3. The first-order chi connectivity index (χ1) is 15.3. The van der Waals surface area contributed by atoms with Gasteiger partial charge in [-0.15, -0.1) is 0 Å². The Labute approximate surface area is 186 Å². The number of hydrogen-bond acceptors (Lipinski definition) is 9. The van der Waals surface area contributed by atoms with Crippen LogP contribution in [0.3, 0.4) is 0 Å². The van der Waals surface area contributed by atoms with Crippen LogP contribution in [0, 0.1) is 5.92 Å². The van der Waals surface area contributed by atoms with Gasteiger partial charge in [0.2, 0.25) is 11.8 Å². The summed E-state index contributed by atoms with van der Waals surface area (Å²) in [5.41, 5.74) is 7.15. The number of phenols is 1. The molecular weight excluding hydrogens is 436 g/mol. The van der Waals surface area contributed by atoms with Crippen molar-refractivity contribution in [3.63, 3.8) is 0 Å². The van der Waals surface area contributed by atoms with Crippen molar-refractivity contribution in [2.45, 2.75) is 11.2 Å². The number of nitrogens with zero attached hydrogens (tertiary/aromatic N) is 1. The summed E-state index contributed by atoms with van der Waals surface area (Å²) in [5, 5.41) is 9.13. The smallest absolute Gasteiger partial charge is 0.342 e. The molecule has 3 aliphatic heterocycles. The molecule has 0 bridgehead atoms. The number of esters is 1. The second-order valence-corrected chi connectivity index (χ2v) is 8.70. The maximum absolute atomic E-state index is 13.6. The molecule has 9 nitrogen and oxygen atoms in total. The number of fused-ring (bicyclic) bond motifs is 5. The van der Waals surface area contributed by atoms with Crippen molar-refractivity contribution in [1.82, 2.24) is 0 Å². The fraction of sp³-hybridized carbons (Fsp3) is 0.227. The molecule has 32 heavy (non-hydrogen) atoms. The molecule has 1 fully saturated rings. The number of methoxy groups -OCH3 is 2. The Hall–Kier alpha value is -3.66. The molecule has 3 atom stereocenters. The third-order valence-corrected chi connectivity index (χ3v) is 7.06. The molecular formula is C22H18N2O7S. The standard InChI is InChI=1S/C22H18N2O7S/c1-29-11-5-9(6-12(8-11)30-2)24-20(26)16-15-13-4-3-10(25)7-14(13)31-22(28)17(15)19(23)32-18(16)21(24)27/h3-8,15-16,18,25H,23H2,1-2H3/t15-,16-,18-/m0/s1. The van der Waals surface area contributed by atoms with Gasteiger partial charge in [0.1, 0.15) is 28.2 Å². The fourth-order valence-electron chi connectivity index (χ4n) is 4.42. The number of hydrogen-bond donors (Lipinski definition) is 2. The molecule has 1 saturated heterocycles. The van der Waals surface area contributed by atoms with Crippen LogP contribution >= 0.6 is 11.8 Å². The van der Waals surface area contributed by atoms with Crippen LogP contribution in [0.2, 0.25) is 0 Å². The van der Waals surface area contributed by atoms with E-state index < -0.39 is 34.9 Å². The van der Waals surface area contributed by atoms with Crippen molar-refractivity contribution < 1.29 is 33.7 Å². The minimum absolute atomic E-state index is 0.0855. The van der Waals surface area contributed by atoms with Crippen molar-refractivity contribution in [2.24, 2.45) is 11.7 Å². The van der Waals surface area contributed by atoms with E-state index >= 15 is 0 Å². The minimum atomic E-state index is -0.872. The van der Waals surface area contributed by atoms with E-state index in [0.717, 1.165) is 16.7 Å². The molecule has 5 rings (SSSR count). The van der Waals surface area contributed by atoms with Gasteiger partial charge in [-0.25, -0.2) is 9.69 Å². The third-order valence-electron chi connectivity index (χ3n) is 5.83.